The molecule has 4 aromatic rings. The first-order chi connectivity index (χ1) is 15.5. The first-order valence-electron chi connectivity index (χ1n) is 10.3. The first-order valence-corrected chi connectivity index (χ1v) is 10.3. The van der Waals surface area contributed by atoms with E-state index < -0.39 is 11.6 Å². The Kier molecular flexibility index (Phi) is 4.98. The van der Waals surface area contributed by atoms with E-state index in [1.54, 1.807) is 6.07 Å². The molecule has 1 aliphatic heterocycles. The summed E-state index contributed by atoms with van der Waals surface area (Å²) in [5, 5.41) is 0.618. The number of benzene rings is 3. The SMILES string of the molecule is O=C(Cc1ccc(/C=C2\CCn3c2nc(=O)c2ccccc23)cc1)c1ccc(F)c(F)c1. The van der Waals surface area contributed by atoms with E-state index in [1.165, 1.54) is 6.07 Å². The van der Waals surface area contributed by atoms with Gasteiger partial charge < -0.3 is 4.57 Å². The molecule has 0 saturated heterocycles. The molecule has 1 aliphatic rings. The maximum absolute atomic E-state index is 13.4. The molecule has 0 radical (unpaired) electrons. The molecule has 4 nitrogen and oxygen atoms in total. The molecule has 3 aromatic carbocycles. The topological polar surface area (TPSA) is 52.0 Å². The standard InChI is InChI=1S/C26H18F2N2O2/c27-21-10-9-18(15-22(21)28)24(31)14-17-7-5-16(6-8-17)13-19-11-12-30-23-4-2-1-3-20(23)26(32)29-25(19)30/h1-10,13,15H,11-12,14H2/b19-13+. The predicted molar refractivity (Wildman–Crippen MR) is 119 cm³/mol. The largest absolute Gasteiger partial charge is 0.325 e. The van der Waals surface area contributed by atoms with Gasteiger partial charge in [0.1, 0.15) is 5.82 Å². The Labute approximate surface area is 182 Å². The van der Waals surface area contributed by atoms with Crippen molar-refractivity contribution >= 4 is 28.3 Å². The maximum Gasteiger partial charge on any atom is 0.281 e. The summed E-state index contributed by atoms with van der Waals surface area (Å²) in [5.74, 6) is -1.60. The van der Waals surface area contributed by atoms with Gasteiger partial charge in [-0.1, -0.05) is 36.4 Å². The van der Waals surface area contributed by atoms with E-state index in [4.69, 9.17) is 0 Å². The number of halogens is 2. The minimum Gasteiger partial charge on any atom is -0.325 e. The third kappa shape index (κ3) is 3.64. The minimum atomic E-state index is -1.03. The lowest BCUT2D eigenvalue weighted by molar-refractivity contribution is 0.0992. The van der Waals surface area contributed by atoms with Crippen LogP contribution in [-0.4, -0.2) is 15.3 Å². The van der Waals surface area contributed by atoms with Gasteiger partial charge in [0, 0.05) is 18.5 Å². The first kappa shape index (κ1) is 20.0. The van der Waals surface area contributed by atoms with Gasteiger partial charge in [-0.2, -0.15) is 4.98 Å². The molecule has 0 fully saturated rings. The van der Waals surface area contributed by atoms with Crippen LogP contribution in [0, 0.1) is 11.6 Å². The van der Waals surface area contributed by atoms with E-state index in [9.17, 15) is 18.4 Å². The molecule has 0 saturated carbocycles. The van der Waals surface area contributed by atoms with Gasteiger partial charge in [-0.15, -0.1) is 0 Å². The smallest absolute Gasteiger partial charge is 0.281 e. The second-order valence-corrected chi connectivity index (χ2v) is 7.80. The number of ketones is 1. The molecular weight excluding hydrogens is 410 g/mol. The fraction of sp³-hybridized carbons (Fsp3) is 0.115. The second-order valence-electron chi connectivity index (χ2n) is 7.80. The van der Waals surface area contributed by atoms with Crippen LogP contribution in [0.25, 0.3) is 22.6 Å². The highest BCUT2D eigenvalue weighted by molar-refractivity contribution is 5.97. The Morgan fingerprint density at radius 2 is 1.78 bits per heavy atom. The van der Waals surface area contributed by atoms with E-state index in [0.29, 0.717) is 11.2 Å². The Hall–Kier alpha value is -3.93. The summed E-state index contributed by atoms with van der Waals surface area (Å²) < 4.78 is 28.5. The maximum atomic E-state index is 13.4. The van der Waals surface area contributed by atoms with Crippen molar-refractivity contribution in [3.05, 3.63) is 111 Å². The van der Waals surface area contributed by atoms with Crippen LogP contribution in [0.15, 0.2) is 71.5 Å². The van der Waals surface area contributed by atoms with Gasteiger partial charge in [-0.3, -0.25) is 9.59 Å². The fourth-order valence-electron chi connectivity index (χ4n) is 4.06. The van der Waals surface area contributed by atoms with E-state index in [2.05, 4.69) is 9.55 Å². The van der Waals surface area contributed by atoms with Gasteiger partial charge in [0.2, 0.25) is 0 Å². The lowest BCUT2D eigenvalue weighted by atomic mass is 10.0. The molecule has 0 spiro atoms. The van der Waals surface area contributed by atoms with Crippen LogP contribution in [0.5, 0.6) is 0 Å². The van der Waals surface area contributed by atoms with Crippen molar-refractivity contribution in [2.24, 2.45) is 0 Å². The number of Topliss-reactive ketones (excluding diaryl/α,β-unsaturated/α-hetero) is 1. The number of rotatable bonds is 4. The summed E-state index contributed by atoms with van der Waals surface area (Å²) in [6.45, 7) is 0.760. The van der Waals surface area contributed by atoms with Gasteiger partial charge in [-0.05, 0) is 59.5 Å². The Bertz CT molecular complexity index is 1450. The van der Waals surface area contributed by atoms with Crippen LogP contribution < -0.4 is 5.56 Å². The normalized spacial score (nSPS) is 14.1. The number of aromatic nitrogens is 2. The van der Waals surface area contributed by atoms with Crippen LogP contribution in [0.1, 0.15) is 33.7 Å². The summed E-state index contributed by atoms with van der Waals surface area (Å²) in [7, 11) is 0. The third-order valence-electron chi connectivity index (χ3n) is 5.71. The van der Waals surface area contributed by atoms with Gasteiger partial charge in [0.05, 0.1) is 10.9 Å². The summed E-state index contributed by atoms with van der Waals surface area (Å²) in [6.07, 6.45) is 2.87. The highest BCUT2D eigenvalue weighted by Gasteiger charge is 2.20. The molecule has 0 aliphatic carbocycles. The number of carbonyl (C=O) groups is 1. The molecule has 0 unspecified atom stereocenters. The number of carbonyl (C=O) groups excluding carboxylic acids is 1. The summed E-state index contributed by atoms with van der Waals surface area (Å²) >= 11 is 0. The van der Waals surface area contributed by atoms with Crippen LogP contribution in [0.3, 0.4) is 0 Å². The fourth-order valence-corrected chi connectivity index (χ4v) is 4.06. The van der Waals surface area contributed by atoms with Gasteiger partial charge in [-0.25, -0.2) is 8.78 Å². The Morgan fingerprint density at radius 1 is 1.00 bits per heavy atom. The minimum absolute atomic E-state index is 0.0910. The molecule has 2 heterocycles. The lowest BCUT2D eigenvalue weighted by Crippen LogP contribution is -2.14. The zero-order chi connectivity index (χ0) is 22.2. The molecule has 32 heavy (non-hydrogen) atoms. The number of nitrogens with zero attached hydrogens (tertiary/aromatic N) is 2. The number of allylic oxidation sites excluding steroid dienone is 1. The van der Waals surface area contributed by atoms with E-state index in [1.807, 2.05) is 48.5 Å². The summed E-state index contributed by atoms with van der Waals surface area (Å²) in [5.41, 5.74) is 3.48. The van der Waals surface area contributed by atoms with E-state index >= 15 is 0 Å². The van der Waals surface area contributed by atoms with Crippen molar-refractivity contribution in [2.45, 2.75) is 19.4 Å². The number of hydrogen-bond donors (Lipinski definition) is 0. The van der Waals surface area contributed by atoms with Crippen LogP contribution in [0.2, 0.25) is 0 Å². The zero-order valence-corrected chi connectivity index (χ0v) is 17.0. The van der Waals surface area contributed by atoms with Crippen molar-refractivity contribution < 1.29 is 13.6 Å². The Morgan fingerprint density at radius 3 is 2.56 bits per heavy atom. The predicted octanol–water partition coefficient (Wildman–Crippen LogP) is 5.04. The summed E-state index contributed by atoms with van der Waals surface area (Å²) in [4.78, 5) is 29.1. The molecule has 158 valence electrons. The van der Waals surface area contributed by atoms with Crippen molar-refractivity contribution in [1.29, 1.82) is 0 Å². The molecule has 0 atom stereocenters. The van der Waals surface area contributed by atoms with Crippen LogP contribution in [-0.2, 0) is 13.0 Å². The van der Waals surface area contributed by atoms with Gasteiger partial charge >= 0.3 is 0 Å². The van der Waals surface area contributed by atoms with Crippen LogP contribution in [0.4, 0.5) is 8.78 Å². The summed E-state index contributed by atoms with van der Waals surface area (Å²) in [6, 6.07) is 18.1. The van der Waals surface area contributed by atoms with Crippen molar-refractivity contribution in [3.8, 4) is 0 Å². The highest BCUT2D eigenvalue weighted by atomic mass is 19.2. The molecule has 0 amide bonds. The monoisotopic (exact) mass is 428 g/mol. The average molecular weight is 428 g/mol. The number of aryl methyl sites for hydroxylation is 1. The highest BCUT2D eigenvalue weighted by Crippen LogP contribution is 2.29. The molecule has 0 bridgehead atoms. The quantitative estimate of drug-likeness (QED) is 0.428. The molecular formula is C26H18F2N2O2. The molecule has 5 rings (SSSR count). The van der Waals surface area contributed by atoms with Gasteiger partial charge in [0.15, 0.2) is 17.4 Å². The third-order valence-corrected chi connectivity index (χ3v) is 5.71. The molecule has 1 aromatic heterocycles. The second kappa shape index (κ2) is 7.96. The Balaban J connectivity index is 1.38. The number of para-hydroxylation sites is 1. The number of fused-ring (bicyclic) bond motifs is 3. The number of hydrogen-bond acceptors (Lipinski definition) is 3. The van der Waals surface area contributed by atoms with E-state index in [0.717, 1.165) is 47.3 Å². The molecule has 0 N–H and O–H groups in total. The zero-order valence-electron chi connectivity index (χ0n) is 17.0. The average Bonchev–Trinajstić information content (AvgIpc) is 3.19. The van der Waals surface area contributed by atoms with Crippen LogP contribution >= 0.6 is 0 Å². The lowest BCUT2D eigenvalue weighted by Gasteiger charge is -2.07. The van der Waals surface area contributed by atoms with Gasteiger partial charge in [0.25, 0.3) is 5.56 Å². The van der Waals surface area contributed by atoms with Crippen molar-refractivity contribution in [3.63, 3.8) is 0 Å². The van der Waals surface area contributed by atoms with Crippen molar-refractivity contribution in [1.82, 2.24) is 9.55 Å². The van der Waals surface area contributed by atoms with Crippen molar-refractivity contribution in [2.75, 3.05) is 0 Å². The van der Waals surface area contributed by atoms with E-state index in [-0.39, 0.29) is 23.3 Å². The molecule has 6 heteroatoms.